The van der Waals surface area contributed by atoms with Crippen LogP contribution in [0.3, 0.4) is 0 Å². The average molecular weight is 383 g/mol. The number of aliphatic carboxylic acids is 1. The number of aromatic nitrogens is 1. The molecule has 2 amide bonds. The SMILES string of the molecule is Cn1c(=O)oc2c(NC(=O)NC(CCC(=O)O)Cc3ccccc3)cccc21. The van der Waals surface area contributed by atoms with Gasteiger partial charge >= 0.3 is 17.8 Å². The van der Waals surface area contributed by atoms with Crippen LogP contribution in [0, 0.1) is 0 Å². The van der Waals surface area contributed by atoms with Gasteiger partial charge in [0.25, 0.3) is 0 Å². The molecule has 1 heterocycles. The van der Waals surface area contributed by atoms with Gasteiger partial charge < -0.3 is 20.2 Å². The number of fused-ring (bicyclic) bond motifs is 1. The normalized spacial score (nSPS) is 11.9. The molecule has 3 N–H and O–H groups in total. The first kappa shape index (κ1) is 19.2. The lowest BCUT2D eigenvalue weighted by Crippen LogP contribution is -2.39. The number of carboxylic acids is 1. The monoisotopic (exact) mass is 383 g/mol. The fourth-order valence-electron chi connectivity index (χ4n) is 3.01. The minimum absolute atomic E-state index is 0.0546. The zero-order valence-corrected chi connectivity index (χ0v) is 15.3. The summed E-state index contributed by atoms with van der Waals surface area (Å²) in [5.74, 6) is -1.44. The second-order valence-corrected chi connectivity index (χ2v) is 6.50. The molecule has 0 bridgehead atoms. The number of hydrogen-bond acceptors (Lipinski definition) is 4. The molecule has 0 radical (unpaired) electrons. The molecular formula is C20H21N3O5. The van der Waals surface area contributed by atoms with Crippen molar-refractivity contribution in [1.29, 1.82) is 0 Å². The second kappa shape index (κ2) is 8.43. The van der Waals surface area contributed by atoms with E-state index in [2.05, 4.69) is 10.6 Å². The molecule has 0 fully saturated rings. The summed E-state index contributed by atoms with van der Waals surface area (Å²) in [6.45, 7) is 0. The highest BCUT2D eigenvalue weighted by Crippen LogP contribution is 2.22. The number of para-hydroxylation sites is 1. The van der Waals surface area contributed by atoms with Crippen molar-refractivity contribution in [3.63, 3.8) is 0 Å². The molecular weight excluding hydrogens is 362 g/mol. The van der Waals surface area contributed by atoms with Crippen molar-refractivity contribution in [2.24, 2.45) is 7.05 Å². The largest absolute Gasteiger partial charge is 0.481 e. The smallest absolute Gasteiger partial charge is 0.419 e. The Bertz CT molecular complexity index is 1040. The summed E-state index contributed by atoms with van der Waals surface area (Å²) in [4.78, 5) is 35.2. The van der Waals surface area contributed by atoms with Crippen LogP contribution in [0.1, 0.15) is 18.4 Å². The van der Waals surface area contributed by atoms with Crippen molar-refractivity contribution in [3.05, 3.63) is 64.6 Å². The van der Waals surface area contributed by atoms with Crippen LogP contribution in [0.25, 0.3) is 11.1 Å². The highest BCUT2D eigenvalue weighted by atomic mass is 16.4. The van der Waals surface area contributed by atoms with Crippen molar-refractivity contribution in [2.45, 2.75) is 25.3 Å². The number of urea groups is 1. The highest BCUT2D eigenvalue weighted by molar-refractivity contribution is 5.98. The summed E-state index contributed by atoms with van der Waals surface area (Å²) in [5, 5.41) is 14.5. The molecule has 0 spiro atoms. The first-order valence-corrected chi connectivity index (χ1v) is 8.86. The second-order valence-electron chi connectivity index (χ2n) is 6.50. The van der Waals surface area contributed by atoms with Crippen molar-refractivity contribution < 1.29 is 19.1 Å². The lowest BCUT2D eigenvalue weighted by atomic mass is 10.0. The molecule has 146 valence electrons. The molecule has 3 rings (SSSR count). The predicted octanol–water partition coefficient (Wildman–Crippen LogP) is 2.73. The molecule has 1 unspecified atom stereocenters. The van der Waals surface area contributed by atoms with E-state index in [0.29, 0.717) is 24.0 Å². The van der Waals surface area contributed by atoms with Crippen LogP contribution in [0.15, 0.2) is 57.7 Å². The van der Waals surface area contributed by atoms with Gasteiger partial charge in [-0.15, -0.1) is 0 Å². The average Bonchev–Trinajstić information content (AvgIpc) is 2.96. The van der Waals surface area contributed by atoms with Gasteiger partial charge in [0.1, 0.15) is 0 Å². The number of hydrogen-bond donors (Lipinski definition) is 3. The van der Waals surface area contributed by atoms with E-state index in [0.717, 1.165) is 5.56 Å². The minimum Gasteiger partial charge on any atom is -0.481 e. The van der Waals surface area contributed by atoms with Crippen LogP contribution >= 0.6 is 0 Å². The lowest BCUT2D eigenvalue weighted by molar-refractivity contribution is -0.137. The first-order chi connectivity index (χ1) is 13.4. The van der Waals surface area contributed by atoms with E-state index < -0.39 is 17.8 Å². The van der Waals surface area contributed by atoms with Gasteiger partial charge in [-0.1, -0.05) is 36.4 Å². The van der Waals surface area contributed by atoms with Gasteiger partial charge in [0.15, 0.2) is 5.58 Å². The number of nitrogens with zero attached hydrogens (tertiary/aromatic N) is 1. The zero-order valence-electron chi connectivity index (χ0n) is 15.3. The number of carbonyl (C=O) groups excluding carboxylic acids is 1. The van der Waals surface area contributed by atoms with E-state index in [1.54, 1.807) is 25.2 Å². The Balaban J connectivity index is 1.73. The summed E-state index contributed by atoms with van der Waals surface area (Å²) < 4.78 is 6.55. The summed E-state index contributed by atoms with van der Waals surface area (Å²) in [5.41, 5.74) is 2.21. The number of rotatable bonds is 7. The number of carbonyl (C=O) groups is 2. The summed E-state index contributed by atoms with van der Waals surface area (Å²) >= 11 is 0. The highest BCUT2D eigenvalue weighted by Gasteiger charge is 2.17. The number of anilines is 1. The maximum Gasteiger partial charge on any atom is 0.419 e. The summed E-state index contributed by atoms with van der Waals surface area (Å²) in [6, 6.07) is 13.7. The molecule has 0 aliphatic carbocycles. The molecule has 8 nitrogen and oxygen atoms in total. The van der Waals surface area contributed by atoms with Gasteiger partial charge in [0, 0.05) is 19.5 Å². The third-order valence-corrected chi connectivity index (χ3v) is 4.43. The Kier molecular flexibility index (Phi) is 5.78. The van der Waals surface area contributed by atoms with E-state index in [4.69, 9.17) is 9.52 Å². The van der Waals surface area contributed by atoms with Gasteiger partial charge in [-0.05, 0) is 30.5 Å². The van der Waals surface area contributed by atoms with Crippen LogP contribution < -0.4 is 16.4 Å². The van der Waals surface area contributed by atoms with Crippen LogP contribution in [0.4, 0.5) is 10.5 Å². The van der Waals surface area contributed by atoms with Crippen LogP contribution in [-0.2, 0) is 18.3 Å². The van der Waals surface area contributed by atoms with E-state index in [1.807, 2.05) is 30.3 Å². The Morgan fingerprint density at radius 1 is 1.14 bits per heavy atom. The molecule has 0 aliphatic heterocycles. The molecule has 0 aliphatic rings. The van der Waals surface area contributed by atoms with E-state index >= 15 is 0 Å². The van der Waals surface area contributed by atoms with Crippen molar-refractivity contribution in [2.75, 3.05) is 5.32 Å². The molecule has 2 aromatic carbocycles. The maximum absolute atomic E-state index is 12.5. The zero-order chi connectivity index (χ0) is 20.1. The number of nitrogens with one attached hydrogen (secondary N) is 2. The Labute approximate surface area is 160 Å². The molecule has 0 saturated carbocycles. The van der Waals surface area contributed by atoms with Gasteiger partial charge in [0.2, 0.25) is 0 Å². The third kappa shape index (κ3) is 4.59. The van der Waals surface area contributed by atoms with E-state index in [1.165, 1.54) is 4.57 Å². The topological polar surface area (TPSA) is 114 Å². The number of carboxylic acid groups (broad SMARTS) is 1. The number of benzene rings is 2. The number of aryl methyl sites for hydroxylation is 1. The molecule has 1 atom stereocenters. The Morgan fingerprint density at radius 3 is 2.61 bits per heavy atom. The van der Waals surface area contributed by atoms with Crippen molar-refractivity contribution >= 4 is 28.8 Å². The molecule has 0 saturated heterocycles. The molecule has 8 heteroatoms. The summed E-state index contributed by atoms with van der Waals surface area (Å²) in [7, 11) is 1.58. The fraction of sp³-hybridized carbons (Fsp3) is 0.250. The third-order valence-electron chi connectivity index (χ3n) is 4.43. The standard InChI is InChI=1S/C20H21N3O5/c1-23-16-9-5-8-15(18(16)28-20(23)27)22-19(26)21-14(10-11-17(24)25)12-13-6-3-2-4-7-13/h2-9,14H,10-12H2,1H3,(H,24,25)(H2,21,22,26). The van der Waals surface area contributed by atoms with Gasteiger partial charge in [-0.25, -0.2) is 9.59 Å². The molecule has 1 aromatic heterocycles. The van der Waals surface area contributed by atoms with Gasteiger partial charge in [-0.2, -0.15) is 0 Å². The van der Waals surface area contributed by atoms with Gasteiger partial charge in [0.05, 0.1) is 11.2 Å². The van der Waals surface area contributed by atoms with Crippen LogP contribution in [-0.4, -0.2) is 27.7 Å². The fourth-order valence-corrected chi connectivity index (χ4v) is 3.01. The maximum atomic E-state index is 12.5. The lowest BCUT2D eigenvalue weighted by Gasteiger charge is -2.18. The van der Waals surface area contributed by atoms with Crippen LogP contribution in [0.2, 0.25) is 0 Å². The number of oxazole rings is 1. The predicted molar refractivity (Wildman–Crippen MR) is 104 cm³/mol. The van der Waals surface area contributed by atoms with E-state index in [9.17, 15) is 14.4 Å². The molecule has 28 heavy (non-hydrogen) atoms. The quantitative estimate of drug-likeness (QED) is 0.580. The van der Waals surface area contributed by atoms with Crippen molar-refractivity contribution in [3.8, 4) is 0 Å². The van der Waals surface area contributed by atoms with Crippen molar-refractivity contribution in [1.82, 2.24) is 9.88 Å². The number of amides is 2. The minimum atomic E-state index is -0.920. The Morgan fingerprint density at radius 2 is 1.89 bits per heavy atom. The van der Waals surface area contributed by atoms with Crippen LogP contribution in [0.5, 0.6) is 0 Å². The summed E-state index contributed by atoms with van der Waals surface area (Å²) in [6.07, 6.45) is 0.745. The first-order valence-electron chi connectivity index (χ1n) is 8.86. The van der Waals surface area contributed by atoms with Gasteiger partial charge in [-0.3, -0.25) is 9.36 Å². The molecule has 3 aromatic rings. The Hall–Kier alpha value is -3.55. The van der Waals surface area contributed by atoms with E-state index in [-0.39, 0.29) is 18.0 Å².